The Morgan fingerprint density at radius 3 is 2.09 bits per heavy atom. The molecule has 0 bridgehead atoms. The Hall–Kier alpha value is -3.67. The molecule has 174 valence electrons. The maximum atomic E-state index is 13.1. The molecule has 0 atom stereocenters. The van der Waals surface area contributed by atoms with Crippen LogP contribution in [-0.2, 0) is 24.2 Å². The molecular formula is C28H28FN3O2. The van der Waals surface area contributed by atoms with E-state index in [0.717, 1.165) is 30.8 Å². The highest BCUT2D eigenvalue weighted by atomic mass is 19.1. The average molecular weight is 458 g/mol. The molecule has 0 aliphatic carbocycles. The molecule has 1 saturated heterocycles. The van der Waals surface area contributed by atoms with E-state index in [-0.39, 0.29) is 24.1 Å². The van der Waals surface area contributed by atoms with E-state index < -0.39 is 0 Å². The Labute approximate surface area is 199 Å². The van der Waals surface area contributed by atoms with Crippen molar-refractivity contribution in [3.05, 3.63) is 101 Å². The topological polar surface area (TPSA) is 43.9 Å². The summed E-state index contributed by atoms with van der Waals surface area (Å²) < 4.78 is 13.1. The summed E-state index contributed by atoms with van der Waals surface area (Å²) in [5.74, 6) is -0.301. The molecule has 5 nitrogen and oxygen atoms in total. The highest BCUT2D eigenvalue weighted by Gasteiger charge is 2.25. The Balaban J connectivity index is 1.15. The van der Waals surface area contributed by atoms with Gasteiger partial charge in [0.25, 0.3) is 5.91 Å². The van der Waals surface area contributed by atoms with Crippen LogP contribution in [-0.4, -0.2) is 54.3 Å². The average Bonchev–Trinajstić information content (AvgIpc) is 2.89. The lowest BCUT2D eigenvalue weighted by Gasteiger charge is -2.35. The molecule has 1 fully saturated rings. The number of carbonyl (C=O) groups is 2. The third-order valence-corrected chi connectivity index (χ3v) is 6.80. The zero-order chi connectivity index (χ0) is 23.5. The van der Waals surface area contributed by atoms with Gasteiger partial charge in [-0.2, -0.15) is 0 Å². The summed E-state index contributed by atoms with van der Waals surface area (Å²) >= 11 is 0. The van der Waals surface area contributed by atoms with Crippen molar-refractivity contribution in [3.63, 3.8) is 0 Å². The minimum absolute atomic E-state index is 0.00109. The number of benzene rings is 3. The van der Waals surface area contributed by atoms with Crippen LogP contribution in [0.3, 0.4) is 0 Å². The van der Waals surface area contributed by atoms with Crippen LogP contribution in [0.1, 0.15) is 27.0 Å². The van der Waals surface area contributed by atoms with E-state index in [9.17, 15) is 14.0 Å². The van der Waals surface area contributed by atoms with Crippen molar-refractivity contribution < 1.29 is 14.0 Å². The molecule has 2 heterocycles. The van der Waals surface area contributed by atoms with Gasteiger partial charge in [0, 0.05) is 50.5 Å². The summed E-state index contributed by atoms with van der Waals surface area (Å²) in [6.45, 7) is 3.90. The van der Waals surface area contributed by atoms with Crippen molar-refractivity contribution >= 4 is 17.5 Å². The van der Waals surface area contributed by atoms with E-state index in [1.165, 1.54) is 23.3 Å². The normalized spacial score (nSPS) is 15.7. The van der Waals surface area contributed by atoms with Gasteiger partial charge in [0.05, 0.1) is 6.42 Å². The van der Waals surface area contributed by atoms with Crippen molar-refractivity contribution in [2.24, 2.45) is 0 Å². The van der Waals surface area contributed by atoms with Gasteiger partial charge < -0.3 is 14.7 Å². The summed E-state index contributed by atoms with van der Waals surface area (Å²) in [5.41, 5.74) is 5.37. The first-order valence-corrected chi connectivity index (χ1v) is 11.8. The van der Waals surface area contributed by atoms with Gasteiger partial charge in [-0.3, -0.25) is 9.59 Å². The molecule has 3 aromatic carbocycles. The van der Waals surface area contributed by atoms with Gasteiger partial charge >= 0.3 is 0 Å². The number of amides is 2. The number of hydrogen-bond acceptors (Lipinski definition) is 3. The van der Waals surface area contributed by atoms with E-state index >= 15 is 0 Å². The van der Waals surface area contributed by atoms with Gasteiger partial charge in [-0.05, 0) is 59.5 Å². The number of nitrogens with zero attached hydrogens (tertiary/aromatic N) is 3. The van der Waals surface area contributed by atoms with E-state index in [4.69, 9.17) is 0 Å². The second kappa shape index (κ2) is 9.67. The standard InChI is InChI=1S/C28H28FN3O2/c29-25-9-5-21(6-10-25)19-27(33)30-15-17-31(18-16-30)28(34)23-7-11-26(12-8-23)32-14-13-22-3-1-2-4-24(22)20-32/h1-12H,13-20H2. The molecule has 2 amide bonds. The SMILES string of the molecule is O=C(Cc1ccc(F)cc1)N1CCN(C(=O)c2ccc(N3CCc4ccccc4C3)cc2)CC1. The van der Waals surface area contributed by atoms with Gasteiger partial charge in [-0.1, -0.05) is 36.4 Å². The molecule has 5 rings (SSSR count). The van der Waals surface area contributed by atoms with Crippen LogP contribution in [0.4, 0.5) is 10.1 Å². The second-order valence-electron chi connectivity index (χ2n) is 8.96. The summed E-state index contributed by atoms with van der Waals surface area (Å²) in [5, 5.41) is 0. The Morgan fingerprint density at radius 2 is 1.38 bits per heavy atom. The Bertz CT molecular complexity index is 1170. The summed E-state index contributed by atoms with van der Waals surface area (Å²) in [6.07, 6.45) is 1.28. The van der Waals surface area contributed by atoms with Crippen molar-refractivity contribution in [2.75, 3.05) is 37.6 Å². The zero-order valence-corrected chi connectivity index (χ0v) is 19.1. The van der Waals surface area contributed by atoms with Crippen LogP contribution >= 0.6 is 0 Å². The van der Waals surface area contributed by atoms with E-state index in [2.05, 4.69) is 29.2 Å². The predicted molar refractivity (Wildman–Crippen MR) is 130 cm³/mol. The van der Waals surface area contributed by atoms with Crippen molar-refractivity contribution in [1.29, 1.82) is 0 Å². The fraction of sp³-hybridized carbons (Fsp3) is 0.286. The van der Waals surface area contributed by atoms with Crippen molar-refractivity contribution in [3.8, 4) is 0 Å². The van der Waals surface area contributed by atoms with Crippen LogP contribution < -0.4 is 4.90 Å². The highest BCUT2D eigenvalue weighted by Crippen LogP contribution is 2.25. The number of hydrogen-bond donors (Lipinski definition) is 0. The first-order valence-electron chi connectivity index (χ1n) is 11.8. The first-order chi connectivity index (χ1) is 16.6. The molecule has 6 heteroatoms. The summed E-state index contributed by atoms with van der Waals surface area (Å²) in [6, 6.07) is 22.5. The van der Waals surface area contributed by atoms with Crippen LogP contribution in [0.25, 0.3) is 0 Å². The molecule has 34 heavy (non-hydrogen) atoms. The van der Waals surface area contributed by atoms with E-state index in [1.807, 2.05) is 29.2 Å². The van der Waals surface area contributed by atoms with Crippen LogP contribution in [0, 0.1) is 5.82 Å². The van der Waals surface area contributed by atoms with Gasteiger partial charge in [0.1, 0.15) is 5.82 Å². The highest BCUT2D eigenvalue weighted by molar-refractivity contribution is 5.94. The van der Waals surface area contributed by atoms with Gasteiger partial charge in [0.15, 0.2) is 0 Å². The fourth-order valence-electron chi connectivity index (χ4n) is 4.76. The molecule has 2 aliphatic rings. The number of carbonyl (C=O) groups excluding carboxylic acids is 2. The maximum absolute atomic E-state index is 13.1. The third-order valence-electron chi connectivity index (χ3n) is 6.80. The molecule has 0 saturated carbocycles. The molecule has 0 radical (unpaired) electrons. The summed E-state index contributed by atoms with van der Waals surface area (Å²) in [4.78, 5) is 31.6. The molecule has 2 aliphatic heterocycles. The first kappa shape index (κ1) is 22.1. The fourth-order valence-corrected chi connectivity index (χ4v) is 4.76. The smallest absolute Gasteiger partial charge is 0.253 e. The Morgan fingerprint density at radius 1 is 0.735 bits per heavy atom. The second-order valence-corrected chi connectivity index (χ2v) is 8.96. The van der Waals surface area contributed by atoms with Crippen LogP contribution in [0.15, 0.2) is 72.8 Å². The van der Waals surface area contributed by atoms with Gasteiger partial charge in [-0.25, -0.2) is 4.39 Å². The number of halogens is 1. The molecule has 0 spiro atoms. The zero-order valence-electron chi connectivity index (χ0n) is 19.1. The minimum Gasteiger partial charge on any atom is -0.367 e. The molecular weight excluding hydrogens is 429 g/mol. The molecule has 0 N–H and O–H groups in total. The Kier molecular flexibility index (Phi) is 6.30. The number of fused-ring (bicyclic) bond motifs is 1. The van der Waals surface area contributed by atoms with Crippen molar-refractivity contribution in [2.45, 2.75) is 19.4 Å². The van der Waals surface area contributed by atoms with Crippen LogP contribution in [0.2, 0.25) is 0 Å². The largest absolute Gasteiger partial charge is 0.367 e. The third kappa shape index (κ3) is 4.81. The molecule has 0 aromatic heterocycles. The quantitative estimate of drug-likeness (QED) is 0.597. The molecule has 3 aromatic rings. The van der Waals surface area contributed by atoms with Crippen LogP contribution in [0.5, 0.6) is 0 Å². The van der Waals surface area contributed by atoms with Crippen molar-refractivity contribution in [1.82, 2.24) is 9.80 Å². The maximum Gasteiger partial charge on any atom is 0.253 e. The number of piperazine rings is 1. The number of anilines is 1. The lowest BCUT2D eigenvalue weighted by atomic mass is 9.99. The lowest BCUT2D eigenvalue weighted by Crippen LogP contribution is -2.51. The minimum atomic E-state index is -0.308. The number of rotatable bonds is 4. The predicted octanol–water partition coefficient (Wildman–Crippen LogP) is 3.92. The monoisotopic (exact) mass is 457 g/mol. The summed E-state index contributed by atoms with van der Waals surface area (Å²) in [7, 11) is 0. The van der Waals surface area contributed by atoms with E-state index in [1.54, 1.807) is 17.0 Å². The van der Waals surface area contributed by atoms with E-state index in [0.29, 0.717) is 31.7 Å². The molecule has 0 unspecified atom stereocenters. The van der Waals surface area contributed by atoms with Gasteiger partial charge in [-0.15, -0.1) is 0 Å². The lowest BCUT2D eigenvalue weighted by molar-refractivity contribution is -0.131. The van der Waals surface area contributed by atoms with Gasteiger partial charge in [0.2, 0.25) is 5.91 Å².